The molecule has 8 heteroatoms. The predicted molar refractivity (Wildman–Crippen MR) is 116 cm³/mol. The summed E-state index contributed by atoms with van der Waals surface area (Å²) in [5.41, 5.74) is 2.13. The number of imidazole rings is 1. The molecule has 3 aromatic rings. The Morgan fingerprint density at radius 2 is 1.87 bits per heavy atom. The van der Waals surface area contributed by atoms with Crippen LogP contribution >= 0.6 is 11.6 Å². The van der Waals surface area contributed by atoms with Crippen LogP contribution in [0, 0.1) is 0 Å². The molecule has 7 nitrogen and oxygen atoms in total. The van der Waals surface area contributed by atoms with Gasteiger partial charge < -0.3 is 19.9 Å². The molecule has 2 aromatic carbocycles. The minimum absolute atomic E-state index is 0.111. The third-order valence-electron chi connectivity index (χ3n) is 4.54. The van der Waals surface area contributed by atoms with Crippen LogP contribution in [0.1, 0.15) is 29.5 Å². The van der Waals surface area contributed by atoms with Gasteiger partial charge in [-0.3, -0.25) is 9.59 Å². The number of para-hydroxylation sites is 2. The number of amides is 2. The number of rotatable bonds is 10. The molecule has 0 fully saturated rings. The molecule has 0 atom stereocenters. The molecule has 158 valence electrons. The maximum atomic E-state index is 12.4. The average molecular weight is 429 g/mol. The number of carbonyl (C=O) groups excluding carboxylic acids is 2. The van der Waals surface area contributed by atoms with Gasteiger partial charge >= 0.3 is 0 Å². The molecule has 0 spiro atoms. The van der Waals surface area contributed by atoms with E-state index in [1.807, 2.05) is 35.8 Å². The van der Waals surface area contributed by atoms with Crippen molar-refractivity contribution in [3.63, 3.8) is 0 Å². The number of aromatic nitrogens is 2. The van der Waals surface area contributed by atoms with Gasteiger partial charge in [0.05, 0.1) is 17.6 Å². The molecule has 0 saturated carbocycles. The SMILES string of the molecule is CCOCCCNC(=O)Cn1c(CNC(=O)c2ccc(Cl)cc2)nc2ccccc21. The Kier molecular flexibility index (Phi) is 7.82. The van der Waals surface area contributed by atoms with E-state index in [2.05, 4.69) is 15.6 Å². The first kappa shape index (κ1) is 21.8. The molecule has 0 bridgehead atoms. The van der Waals surface area contributed by atoms with E-state index in [0.29, 0.717) is 36.2 Å². The molecule has 0 aliphatic rings. The summed E-state index contributed by atoms with van der Waals surface area (Å²) < 4.78 is 7.11. The summed E-state index contributed by atoms with van der Waals surface area (Å²) in [6.07, 6.45) is 0.758. The van der Waals surface area contributed by atoms with Gasteiger partial charge in [0, 0.05) is 30.3 Å². The van der Waals surface area contributed by atoms with Crippen molar-refractivity contribution in [2.75, 3.05) is 19.8 Å². The fraction of sp³-hybridized carbons (Fsp3) is 0.318. The number of fused-ring (bicyclic) bond motifs is 1. The van der Waals surface area contributed by atoms with Crippen molar-refractivity contribution in [2.45, 2.75) is 26.4 Å². The Morgan fingerprint density at radius 1 is 1.10 bits per heavy atom. The van der Waals surface area contributed by atoms with Crippen molar-refractivity contribution in [2.24, 2.45) is 0 Å². The second-order valence-electron chi connectivity index (χ2n) is 6.69. The van der Waals surface area contributed by atoms with Crippen LogP contribution in [0.5, 0.6) is 0 Å². The number of benzene rings is 2. The summed E-state index contributed by atoms with van der Waals surface area (Å²) in [5, 5.41) is 6.33. The van der Waals surface area contributed by atoms with Crippen LogP contribution in [0.25, 0.3) is 11.0 Å². The third kappa shape index (κ3) is 5.81. The Morgan fingerprint density at radius 3 is 2.63 bits per heavy atom. The fourth-order valence-corrected chi connectivity index (χ4v) is 3.17. The second-order valence-corrected chi connectivity index (χ2v) is 7.13. The lowest BCUT2D eigenvalue weighted by molar-refractivity contribution is -0.121. The number of carbonyl (C=O) groups is 2. The van der Waals surface area contributed by atoms with Gasteiger partial charge in [-0.15, -0.1) is 0 Å². The molecule has 2 N–H and O–H groups in total. The molecule has 30 heavy (non-hydrogen) atoms. The lowest BCUT2D eigenvalue weighted by Crippen LogP contribution is -2.31. The van der Waals surface area contributed by atoms with Gasteiger partial charge in [-0.25, -0.2) is 4.98 Å². The van der Waals surface area contributed by atoms with Crippen molar-refractivity contribution in [1.82, 2.24) is 20.2 Å². The van der Waals surface area contributed by atoms with E-state index in [1.165, 1.54) is 0 Å². The normalized spacial score (nSPS) is 10.9. The van der Waals surface area contributed by atoms with Crippen molar-refractivity contribution < 1.29 is 14.3 Å². The molecule has 1 aromatic heterocycles. The highest BCUT2D eigenvalue weighted by Gasteiger charge is 2.15. The Labute approximate surface area is 180 Å². The minimum atomic E-state index is -0.231. The van der Waals surface area contributed by atoms with Gasteiger partial charge in [0.25, 0.3) is 5.91 Å². The molecular weight excluding hydrogens is 404 g/mol. The van der Waals surface area contributed by atoms with Crippen LogP contribution in [0.4, 0.5) is 0 Å². The third-order valence-corrected chi connectivity index (χ3v) is 4.79. The first-order valence-corrected chi connectivity index (χ1v) is 10.3. The fourth-order valence-electron chi connectivity index (χ4n) is 3.05. The molecule has 1 heterocycles. The molecule has 0 radical (unpaired) electrons. The zero-order valence-electron chi connectivity index (χ0n) is 16.9. The van der Waals surface area contributed by atoms with E-state index >= 15 is 0 Å². The standard InChI is InChI=1S/C22H25ClN4O3/c1-2-30-13-5-12-24-21(28)15-27-19-7-4-3-6-18(19)26-20(27)14-25-22(29)16-8-10-17(23)11-9-16/h3-4,6-11H,2,5,12-15H2,1H3,(H,24,28)(H,25,29). The molecule has 3 rings (SSSR count). The molecule has 2 amide bonds. The van der Waals surface area contributed by atoms with Gasteiger partial charge in [0.15, 0.2) is 0 Å². The zero-order chi connectivity index (χ0) is 21.3. The van der Waals surface area contributed by atoms with Crippen LogP contribution in [-0.4, -0.2) is 41.1 Å². The first-order valence-electron chi connectivity index (χ1n) is 9.91. The van der Waals surface area contributed by atoms with Gasteiger partial charge in [0.1, 0.15) is 12.4 Å². The van der Waals surface area contributed by atoms with Crippen LogP contribution in [-0.2, 0) is 22.6 Å². The highest BCUT2D eigenvalue weighted by atomic mass is 35.5. The Hall–Kier alpha value is -2.90. The predicted octanol–water partition coefficient (Wildman–Crippen LogP) is 3.16. The maximum Gasteiger partial charge on any atom is 0.251 e. The second kappa shape index (κ2) is 10.8. The lowest BCUT2D eigenvalue weighted by atomic mass is 10.2. The number of ether oxygens (including phenoxy) is 1. The highest BCUT2D eigenvalue weighted by molar-refractivity contribution is 6.30. The minimum Gasteiger partial charge on any atom is -0.382 e. The van der Waals surface area contributed by atoms with Crippen molar-refractivity contribution >= 4 is 34.4 Å². The van der Waals surface area contributed by atoms with Crippen molar-refractivity contribution in [3.8, 4) is 0 Å². The van der Waals surface area contributed by atoms with E-state index in [9.17, 15) is 9.59 Å². The number of nitrogens with zero attached hydrogens (tertiary/aromatic N) is 2. The monoisotopic (exact) mass is 428 g/mol. The molecule has 0 saturated heterocycles. The van der Waals surface area contributed by atoms with E-state index in [4.69, 9.17) is 16.3 Å². The highest BCUT2D eigenvalue weighted by Crippen LogP contribution is 2.16. The first-order chi connectivity index (χ1) is 14.6. The Balaban J connectivity index is 1.67. The average Bonchev–Trinajstić information content (AvgIpc) is 3.09. The smallest absolute Gasteiger partial charge is 0.251 e. The largest absolute Gasteiger partial charge is 0.382 e. The maximum absolute atomic E-state index is 12.4. The van der Waals surface area contributed by atoms with E-state index in [0.717, 1.165) is 17.5 Å². The van der Waals surface area contributed by atoms with Crippen LogP contribution in [0.2, 0.25) is 5.02 Å². The quantitative estimate of drug-likeness (QED) is 0.486. The van der Waals surface area contributed by atoms with Gasteiger partial charge in [-0.05, 0) is 49.7 Å². The summed E-state index contributed by atoms with van der Waals surface area (Å²) >= 11 is 5.87. The van der Waals surface area contributed by atoms with Crippen LogP contribution in [0.3, 0.4) is 0 Å². The Bertz CT molecular complexity index is 1000. The molecule has 0 unspecified atom stereocenters. The van der Waals surface area contributed by atoms with Crippen LogP contribution < -0.4 is 10.6 Å². The van der Waals surface area contributed by atoms with Gasteiger partial charge in [-0.2, -0.15) is 0 Å². The summed E-state index contributed by atoms with van der Waals surface area (Å²) in [6, 6.07) is 14.3. The molecular formula is C22H25ClN4O3. The summed E-state index contributed by atoms with van der Waals surface area (Å²) in [7, 11) is 0. The zero-order valence-corrected chi connectivity index (χ0v) is 17.6. The van der Waals surface area contributed by atoms with Crippen molar-refractivity contribution in [3.05, 3.63) is 64.9 Å². The topological polar surface area (TPSA) is 85.2 Å². The van der Waals surface area contributed by atoms with Gasteiger partial charge in [0.2, 0.25) is 5.91 Å². The van der Waals surface area contributed by atoms with E-state index in [1.54, 1.807) is 24.3 Å². The number of hydrogen-bond donors (Lipinski definition) is 2. The lowest BCUT2D eigenvalue weighted by Gasteiger charge is -2.11. The molecule has 0 aliphatic carbocycles. The molecule has 0 aliphatic heterocycles. The number of hydrogen-bond acceptors (Lipinski definition) is 4. The summed E-state index contributed by atoms with van der Waals surface area (Å²) in [5.74, 6) is 0.272. The number of halogens is 1. The van der Waals surface area contributed by atoms with Crippen molar-refractivity contribution in [1.29, 1.82) is 0 Å². The number of nitrogens with one attached hydrogen (secondary N) is 2. The summed E-state index contributed by atoms with van der Waals surface area (Å²) in [4.78, 5) is 29.4. The van der Waals surface area contributed by atoms with E-state index in [-0.39, 0.29) is 24.9 Å². The van der Waals surface area contributed by atoms with Gasteiger partial charge in [-0.1, -0.05) is 23.7 Å². The van der Waals surface area contributed by atoms with Crippen LogP contribution in [0.15, 0.2) is 48.5 Å². The van der Waals surface area contributed by atoms with E-state index < -0.39 is 0 Å². The summed E-state index contributed by atoms with van der Waals surface area (Å²) in [6.45, 7) is 4.10.